The van der Waals surface area contributed by atoms with E-state index in [4.69, 9.17) is 11.6 Å². The molecule has 3 rings (SSSR count). The first-order valence-electron chi connectivity index (χ1n) is 8.38. The van der Waals surface area contributed by atoms with Crippen molar-refractivity contribution < 1.29 is 9.59 Å². The predicted octanol–water partition coefficient (Wildman–Crippen LogP) is 4.10. The molecule has 0 saturated heterocycles. The summed E-state index contributed by atoms with van der Waals surface area (Å²) >= 11 is 5.93. The molecular weight excluding hydrogens is 336 g/mol. The SMILES string of the molecule is Cc1cc(Cl)ccc1NC(=O)C1CC1C(=O)NC(C)c1ccccc1. The van der Waals surface area contributed by atoms with E-state index >= 15 is 0 Å². The second-order valence-corrected chi connectivity index (χ2v) is 6.97. The van der Waals surface area contributed by atoms with Crippen LogP contribution in [0.3, 0.4) is 0 Å². The number of benzene rings is 2. The molecule has 2 aromatic carbocycles. The number of amides is 2. The highest BCUT2D eigenvalue weighted by Crippen LogP contribution is 2.40. The summed E-state index contributed by atoms with van der Waals surface area (Å²) in [6.45, 7) is 3.84. The molecule has 25 heavy (non-hydrogen) atoms. The quantitative estimate of drug-likeness (QED) is 0.847. The number of nitrogens with one attached hydrogen (secondary N) is 2. The van der Waals surface area contributed by atoms with Crippen molar-refractivity contribution in [3.8, 4) is 0 Å². The number of carbonyl (C=O) groups is 2. The minimum absolute atomic E-state index is 0.0654. The molecule has 2 aromatic rings. The largest absolute Gasteiger partial charge is 0.349 e. The number of halogens is 1. The average Bonchev–Trinajstić information content (AvgIpc) is 3.39. The number of anilines is 1. The van der Waals surface area contributed by atoms with Crippen molar-refractivity contribution in [2.45, 2.75) is 26.3 Å². The Hall–Kier alpha value is -2.33. The molecule has 3 atom stereocenters. The van der Waals surface area contributed by atoms with Crippen molar-refractivity contribution in [3.63, 3.8) is 0 Å². The van der Waals surface area contributed by atoms with Crippen LogP contribution in [-0.4, -0.2) is 11.8 Å². The minimum atomic E-state index is -0.266. The smallest absolute Gasteiger partial charge is 0.228 e. The molecule has 0 aliphatic heterocycles. The van der Waals surface area contributed by atoms with Gasteiger partial charge >= 0.3 is 0 Å². The summed E-state index contributed by atoms with van der Waals surface area (Å²) in [6, 6.07) is 15.0. The van der Waals surface area contributed by atoms with Gasteiger partial charge in [0.1, 0.15) is 0 Å². The summed E-state index contributed by atoms with van der Waals surface area (Å²) < 4.78 is 0. The lowest BCUT2D eigenvalue weighted by atomic mass is 10.1. The van der Waals surface area contributed by atoms with Crippen molar-refractivity contribution in [2.24, 2.45) is 11.8 Å². The Labute approximate surface area is 152 Å². The third-order valence-corrected chi connectivity index (χ3v) is 4.80. The molecule has 5 heteroatoms. The molecule has 1 aliphatic rings. The number of hydrogen-bond donors (Lipinski definition) is 2. The van der Waals surface area contributed by atoms with E-state index in [2.05, 4.69) is 10.6 Å². The van der Waals surface area contributed by atoms with Gasteiger partial charge in [-0.05, 0) is 49.6 Å². The fourth-order valence-electron chi connectivity index (χ4n) is 2.91. The summed E-state index contributed by atoms with van der Waals surface area (Å²) in [6.07, 6.45) is 0.589. The van der Waals surface area contributed by atoms with Gasteiger partial charge in [0.05, 0.1) is 17.9 Å². The first-order chi connectivity index (χ1) is 12.0. The Morgan fingerprint density at radius 2 is 1.76 bits per heavy atom. The summed E-state index contributed by atoms with van der Waals surface area (Å²) in [5, 5.41) is 6.51. The van der Waals surface area contributed by atoms with Crippen LogP contribution in [0, 0.1) is 18.8 Å². The molecule has 3 unspecified atom stereocenters. The van der Waals surface area contributed by atoms with Crippen LogP contribution in [0.15, 0.2) is 48.5 Å². The fraction of sp³-hybridized carbons (Fsp3) is 0.300. The van der Waals surface area contributed by atoms with Gasteiger partial charge in [-0.1, -0.05) is 41.9 Å². The molecule has 2 N–H and O–H groups in total. The number of rotatable bonds is 5. The van der Waals surface area contributed by atoms with Crippen LogP contribution in [-0.2, 0) is 9.59 Å². The Kier molecular flexibility index (Phi) is 5.09. The maximum atomic E-state index is 12.4. The molecule has 130 valence electrons. The van der Waals surface area contributed by atoms with Gasteiger partial charge in [0.2, 0.25) is 11.8 Å². The highest BCUT2D eigenvalue weighted by atomic mass is 35.5. The Morgan fingerprint density at radius 3 is 2.44 bits per heavy atom. The number of hydrogen-bond acceptors (Lipinski definition) is 2. The summed E-state index contributed by atoms with van der Waals surface area (Å²) in [7, 11) is 0. The topological polar surface area (TPSA) is 58.2 Å². The van der Waals surface area contributed by atoms with Gasteiger partial charge < -0.3 is 10.6 Å². The molecule has 4 nitrogen and oxygen atoms in total. The molecular formula is C20H21ClN2O2. The van der Waals surface area contributed by atoms with Gasteiger partial charge in [-0.2, -0.15) is 0 Å². The zero-order chi connectivity index (χ0) is 18.0. The van der Waals surface area contributed by atoms with Crippen LogP contribution in [0.5, 0.6) is 0 Å². The predicted molar refractivity (Wildman–Crippen MR) is 99.4 cm³/mol. The minimum Gasteiger partial charge on any atom is -0.349 e. The zero-order valence-electron chi connectivity index (χ0n) is 14.3. The van der Waals surface area contributed by atoms with Crippen LogP contribution in [0.4, 0.5) is 5.69 Å². The molecule has 1 saturated carbocycles. The van der Waals surface area contributed by atoms with E-state index in [1.807, 2.05) is 44.2 Å². The standard InChI is InChI=1S/C20H21ClN2O2/c1-12-10-15(21)8-9-18(12)23-20(25)17-11-16(17)19(24)22-13(2)14-6-4-3-5-7-14/h3-10,13,16-17H,11H2,1-2H3,(H,22,24)(H,23,25). The van der Waals surface area contributed by atoms with Gasteiger partial charge in [-0.3, -0.25) is 9.59 Å². The molecule has 0 spiro atoms. The van der Waals surface area contributed by atoms with Crippen molar-refractivity contribution in [2.75, 3.05) is 5.32 Å². The second kappa shape index (κ2) is 7.28. The molecule has 0 radical (unpaired) electrons. The van der Waals surface area contributed by atoms with Crippen LogP contribution in [0.1, 0.15) is 30.5 Å². The fourth-order valence-corrected chi connectivity index (χ4v) is 3.14. The number of aryl methyl sites for hydroxylation is 1. The highest BCUT2D eigenvalue weighted by molar-refractivity contribution is 6.30. The van der Waals surface area contributed by atoms with Crippen LogP contribution in [0.2, 0.25) is 5.02 Å². The Morgan fingerprint density at radius 1 is 1.08 bits per heavy atom. The van der Waals surface area contributed by atoms with E-state index in [1.54, 1.807) is 18.2 Å². The number of carbonyl (C=O) groups excluding carboxylic acids is 2. The molecule has 0 heterocycles. The zero-order valence-corrected chi connectivity index (χ0v) is 15.0. The van der Waals surface area contributed by atoms with E-state index in [0.717, 1.165) is 16.8 Å². The Bertz CT molecular complexity index is 792. The summed E-state index contributed by atoms with van der Waals surface area (Å²) in [4.78, 5) is 24.7. The highest BCUT2D eigenvalue weighted by Gasteiger charge is 2.48. The van der Waals surface area contributed by atoms with E-state index in [1.165, 1.54) is 0 Å². The normalized spacial score (nSPS) is 19.8. The van der Waals surface area contributed by atoms with Crippen molar-refractivity contribution in [1.82, 2.24) is 5.32 Å². The van der Waals surface area contributed by atoms with Gasteiger partial charge in [0, 0.05) is 10.7 Å². The third-order valence-electron chi connectivity index (χ3n) is 4.57. The van der Waals surface area contributed by atoms with E-state index in [0.29, 0.717) is 11.4 Å². The van der Waals surface area contributed by atoms with Crippen LogP contribution in [0.25, 0.3) is 0 Å². The maximum absolute atomic E-state index is 12.4. The van der Waals surface area contributed by atoms with Crippen LogP contribution < -0.4 is 10.6 Å². The van der Waals surface area contributed by atoms with Gasteiger partial charge in [-0.25, -0.2) is 0 Å². The van der Waals surface area contributed by atoms with Gasteiger partial charge in [0.15, 0.2) is 0 Å². The molecule has 1 fully saturated rings. The molecule has 0 aromatic heterocycles. The first kappa shape index (κ1) is 17.5. The summed E-state index contributed by atoms with van der Waals surface area (Å²) in [5.41, 5.74) is 2.69. The lowest BCUT2D eigenvalue weighted by Gasteiger charge is -2.14. The van der Waals surface area contributed by atoms with E-state index in [-0.39, 0.29) is 29.7 Å². The molecule has 1 aliphatic carbocycles. The van der Waals surface area contributed by atoms with Crippen molar-refractivity contribution in [3.05, 3.63) is 64.7 Å². The van der Waals surface area contributed by atoms with Crippen LogP contribution >= 0.6 is 11.6 Å². The third kappa shape index (κ3) is 4.20. The lowest BCUT2D eigenvalue weighted by molar-refractivity contribution is -0.125. The molecule has 0 bridgehead atoms. The van der Waals surface area contributed by atoms with Gasteiger partial charge in [-0.15, -0.1) is 0 Å². The van der Waals surface area contributed by atoms with Crippen molar-refractivity contribution in [1.29, 1.82) is 0 Å². The maximum Gasteiger partial charge on any atom is 0.228 e. The average molecular weight is 357 g/mol. The van der Waals surface area contributed by atoms with Gasteiger partial charge in [0.25, 0.3) is 0 Å². The van der Waals surface area contributed by atoms with E-state index in [9.17, 15) is 9.59 Å². The molecule has 2 amide bonds. The van der Waals surface area contributed by atoms with Crippen molar-refractivity contribution >= 4 is 29.1 Å². The lowest BCUT2D eigenvalue weighted by Crippen LogP contribution is -2.29. The van der Waals surface area contributed by atoms with E-state index < -0.39 is 0 Å². The first-order valence-corrected chi connectivity index (χ1v) is 8.76. The second-order valence-electron chi connectivity index (χ2n) is 6.54. The summed E-state index contributed by atoms with van der Waals surface area (Å²) in [5.74, 6) is -0.695. The Balaban J connectivity index is 1.54. The monoisotopic (exact) mass is 356 g/mol.